The van der Waals surface area contributed by atoms with E-state index in [1.807, 2.05) is 0 Å². The van der Waals surface area contributed by atoms with Crippen LogP contribution in [0.5, 0.6) is 0 Å². The summed E-state index contributed by atoms with van der Waals surface area (Å²) in [6, 6.07) is 8.56. The number of halogens is 1. The van der Waals surface area contributed by atoms with E-state index in [4.69, 9.17) is 0 Å². The maximum absolute atomic E-state index is 12.2. The Balaban J connectivity index is 1.74. The molecule has 18 heavy (non-hydrogen) atoms. The van der Waals surface area contributed by atoms with E-state index >= 15 is 0 Å². The van der Waals surface area contributed by atoms with Crippen molar-refractivity contribution < 1.29 is 4.79 Å². The largest absolute Gasteiger partial charge is 0.348 e. The first-order valence-corrected chi connectivity index (χ1v) is 7.69. The maximum atomic E-state index is 12.2. The molecular weight excluding hydrogens is 290 g/mol. The van der Waals surface area contributed by atoms with Gasteiger partial charge in [0.15, 0.2) is 0 Å². The number of amides is 1. The average Bonchev–Trinajstić information content (AvgIpc) is 2.98. The Bertz CT molecular complexity index is 454. The smallest absolute Gasteiger partial charge is 0.223 e. The fourth-order valence-corrected chi connectivity index (χ4v) is 3.94. The van der Waals surface area contributed by atoms with Crippen molar-refractivity contribution in [1.82, 2.24) is 5.32 Å². The van der Waals surface area contributed by atoms with E-state index in [-0.39, 0.29) is 17.9 Å². The molecule has 1 fully saturated rings. The lowest BCUT2D eigenvalue weighted by atomic mass is 10.0. The Morgan fingerprint density at radius 1 is 1.22 bits per heavy atom. The lowest BCUT2D eigenvalue weighted by Crippen LogP contribution is -2.35. The predicted octanol–water partition coefficient (Wildman–Crippen LogP) is 3.35. The van der Waals surface area contributed by atoms with Gasteiger partial charge in [-0.15, -0.1) is 0 Å². The van der Waals surface area contributed by atoms with Crippen molar-refractivity contribution in [2.45, 2.75) is 43.0 Å². The van der Waals surface area contributed by atoms with Crippen LogP contribution in [0.1, 0.15) is 42.9 Å². The minimum Gasteiger partial charge on any atom is -0.348 e. The molecule has 0 aromatic heterocycles. The Labute approximate surface area is 116 Å². The molecule has 3 heteroatoms. The van der Waals surface area contributed by atoms with Gasteiger partial charge in [-0.2, -0.15) is 0 Å². The van der Waals surface area contributed by atoms with E-state index in [1.165, 1.54) is 24.0 Å². The molecule has 1 aromatic carbocycles. The number of nitrogens with one attached hydrogen (secondary N) is 1. The summed E-state index contributed by atoms with van der Waals surface area (Å²) in [5.74, 6) is 0.496. The molecule has 1 aromatic rings. The van der Waals surface area contributed by atoms with Gasteiger partial charge in [0.2, 0.25) is 5.91 Å². The topological polar surface area (TPSA) is 29.1 Å². The highest BCUT2D eigenvalue weighted by Gasteiger charge is 2.33. The van der Waals surface area contributed by atoms with Gasteiger partial charge in [-0.3, -0.25) is 4.79 Å². The molecule has 2 aliphatic rings. The standard InChI is InChI=1S/C15H18BrNO/c16-13-9-11-7-3-4-8-12(11)14(13)17-15(18)10-5-1-2-6-10/h3-4,7-8,10,13-14H,1-2,5-6,9H2,(H,17,18). The molecule has 0 saturated heterocycles. The van der Waals surface area contributed by atoms with Crippen LogP contribution < -0.4 is 5.32 Å². The molecule has 2 unspecified atom stereocenters. The lowest BCUT2D eigenvalue weighted by Gasteiger charge is -2.20. The molecule has 0 spiro atoms. The molecule has 0 aliphatic heterocycles. The molecule has 0 heterocycles. The molecule has 1 saturated carbocycles. The van der Waals surface area contributed by atoms with Crippen molar-refractivity contribution in [3.63, 3.8) is 0 Å². The fraction of sp³-hybridized carbons (Fsp3) is 0.533. The minimum atomic E-state index is 0.148. The number of carbonyl (C=O) groups is 1. The van der Waals surface area contributed by atoms with Gasteiger partial charge in [0, 0.05) is 10.7 Å². The third kappa shape index (κ3) is 2.20. The second-order valence-electron chi connectivity index (χ2n) is 5.39. The van der Waals surface area contributed by atoms with E-state index in [9.17, 15) is 4.79 Å². The highest BCUT2D eigenvalue weighted by Crippen LogP contribution is 2.36. The summed E-state index contributed by atoms with van der Waals surface area (Å²) < 4.78 is 0. The van der Waals surface area contributed by atoms with E-state index in [2.05, 4.69) is 45.5 Å². The first-order valence-electron chi connectivity index (χ1n) is 6.78. The van der Waals surface area contributed by atoms with Crippen molar-refractivity contribution in [1.29, 1.82) is 0 Å². The van der Waals surface area contributed by atoms with Crippen LogP contribution in [0.4, 0.5) is 0 Å². The van der Waals surface area contributed by atoms with Crippen LogP contribution in [0.15, 0.2) is 24.3 Å². The van der Waals surface area contributed by atoms with Crippen molar-refractivity contribution in [2.24, 2.45) is 5.92 Å². The van der Waals surface area contributed by atoms with Gasteiger partial charge >= 0.3 is 0 Å². The molecule has 1 N–H and O–H groups in total. The van der Waals surface area contributed by atoms with Crippen LogP contribution in [0.25, 0.3) is 0 Å². The summed E-state index contributed by atoms with van der Waals surface area (Å²) in [5.41, 5.74) is 2.64. The second-order valence-corrected chi connectivity index (χ2v) is 6.56. The summed E-state index contributed by atoms with van der Waals surface area (Å²) in [7, 11) is 0. The molecule has 1 amide bonds. The van der Waals surface area contributed by atoms with Crippen LogP contribution in [-0.2, 0) is 11.2 Å². The highest BCUT2D eigenvalue weighted by molar-refractivity contribution is 9.09. The summed E-state index contributed by atoms with van der Waals surface area (Å²) in [6.45, 7) is 0. The first kappa shape index (κ1) is 12.2. The molecule has 2 aliphatic carbocycles. The number of benzene rings is 1. The maximum Gasteiger partial charge on any atom is 0.223 e. The van der Waals surface area contributed by atoms with E-state index in [0.717, 1.165) is 19.3 Å². The number of carbonyl (C=O) groups excluding carboxylic acids is 1. The third-order valence-electron chi connectivity index (χ3n) is 4.19. The van der Waals surface area contributed by atoms with E-state index < -0.39 is 0 Å². The van der Waals surface area contributed by atoms with Crippen molar-refractivity contribution in [2.75, 3.05) is 0 Å². The SMILES string of the molecule is O=C(NC1c2ccccc2CC1Br)C1CCCC1. The fourth-order valence-electron chi connectivity index (χ4n) is 3.17. The van der Waals surface area contributed by atoms with Gasteiger partial charge in [-0.05, 0) is 30.4 Å². The summed E-state index contributed by atoms with van der Waals surface area (Å²) in [5, 5.41) is 3.24. The quantitative estimate of drug-likeness (QED) is 0.834. The zero-order chi connectivity index (χ0) is 12.5. The Morgan fingerprint density at radius 3 is 2.72 bits per heavy atom. The number of rotatable bonds is 2. The summed E-state index contributed by atoms with van der Waals surface area (Å²) in [6.07, 6.45) is 5.54. The summed E-state index contributed by atoms with van der Waals surface area (Å²) >= 11 is 3.71. The number of hydrogen-bond donors (Lipinski definition) is 1. The zero-order valence-corrected chi connectivity index (χ0v) is 11.9. The molecule has 0 bridgehead atoms. The van der Waals surface area contributed by atoms with Crippen LogP contribution >= 0.6 is 15.9 Å². The minimum absolute atomic E-state index is 0.148. The van der Waals surface area contributed by atoms with Crippen molar-refractivity contribution in [3.05, 3.63) is 35.4 Å². The Hall–Kier alpha value is -0.830. The molecule has 2 atom stereocenters. The van der Waals surface area contributed by atoms with Crippen LogP contribution in [0.2, 0.25) is 0 Å². The van der Waals surface area contributed by atoms with Crippen molar-refractivity contribution >= 4 is 21.8 Å². The first-order chi connectivity index (χ1) is 8.75. The van der Waals surface area contributed by atoms with Gasteiger partial charge in [0.1, 0.15) is 0 Å². The van der Waals surface area contributed by atoms with Crippen molar-refractivity contribution in [3.8, 4) is 0 Å². The molecular formula is C15H18BrNO. The predicted molar refractivity (Wildman–Crippen MR) is 75.7 cm³/mol. The van der Waals surface area contributed by atoms with Gasteiger partial charge in [-0.25, -0.2) is 0 Å². The molecule has 2 nitrogen and oxygen atoms in total. The van der Waals surface area contributed by atoms with Gasteiger partial charge in [0.05, 0.1) is 6.04 Å². The highest BCUT2D eigenvalue weighted by atomic mass is 79.9. The average molecular weight is 308 g/mol. The van der Waals surface area contributed by atoms with Gasteiger partial charge in [0.25, 0.3) is 0 Å². The Morgan fingerprint density at radius 2 is 1.94 bits per heavy atom. The number of fused-ring (bicyclic) bond motifs is 1. The third-order valence-corrected chi connectivity index (χ3v) is 5.04. The van der Waals surface area contributed by atoms with E-state index in [1.54, 1.807) is 0 Å². The molecule has 0 radical (unpaired) electrons. The Kier molecular flexibility index (Phi) is 3.42. The monoisotopic (exact) mass is 307 g/mol. The molecule has 96 valence electrons. The zero-order valence-electron chi connectivity index (χ0n) is 10.4. The molecule has 3 rings (SSSR count). The number of alkyl halides is 1. The second kappa shape index (κ2) is 5.04. The normalized spacial score (nSPS) is 27.2. The summed E-state index contributed by atoms with van der Waals surface area (Å²) in [4.78, 5) is 12.6. The van der Waals surface area contributed by atoms with E-state index in [0.29, 0.717) is 4.83 Å². The van der Waals surface area contributed by atoms with Gasteiger partial charge in [-0.1, -0.05) is 53.0 Å². The lowest BCUT2D eigenvalue weighted by molar-refractivity contribution is -0.125. The van der Waals surface area contributed by atoms with Crippen LogP contribution in [0, 0.1) is 5.92 Å². The van der Waals surface area contributed by atoms with Gasteiger partial charge < -0.3 is 5.32 Å². The van der Waals surface area contributed by atoms with Crippen LogP contribution in [0.3, 0.4) is 0 Å². The van der Waals surface area contributed by atoms with Crippen LogP contribution in [-0.4, -0.2) is 10.7 Å². The number of hydrogen-bond acceptors (Lipinski definition) is 1.